The Morgan fingerprint density at radius 3 is 2.72 bits per heavy atom. The number of nitrogen functional groups attached to an aromatic ring is 1. The van der Waals surface area contributed by atoms with E-state index >= 15 is 0 Å². The second kappa shape index (κ2) is 9.38. The van der Waals surface area contributed by atoms with Crippen LogP contribution in [0.4, 0.5) is 5.13 Å². The average molecular weight is 388 g/mol. The van der Waals surface area contributed by atoms with Crippen molar-refractivity contribution in [3.63, 3.8) is 0 Å². The van der Waals surface area contributed by atoms with Crippen molar-refractivity contribution in [3.05, 3.63) is 0 Å². The van der Waals surface area contributed by atoms with Crippen LogP contribution in [0.15, 0.2) is 4.34 Å². The van der Waals surface area contributed by atoms with Gasteiger partial charge < -0.3 is 15.2 Å². The minimum absolute atomic E-state index is 0.0526. The molecule has 1 aliphatic rings. The van der Waals surface area contributed by atoms with Gasteiger partial charge in [-0.05, 0) is 30.6 Å². The number of carbonyl (C=O) groups is 2. The molecule has 7 nitrogen and oxygen atoms in total. The van der Waals surface area contributed by atoms with Crippen molar-refractivity contribution >= 4 is 40.2 Å². The number of aromatic nitrogens is 2. The summed E-state index contributed by atoms with van der Waals surface area (Å²) in [6.45, 7) is 6.13. The number of hydrogen-bond acceptors (Lipinski definition) is 9. The summed E-state index contributed by atoms with van der Waals surface area (Å²) < 4.78 is 11.2. The molecule has 1 saturated carbocycles. The van der Waals surface area contributed by atoms with E-state index in [9.17, 15) is 9.59 Å². The molecule has 0 bridgehead atoms. The summed E-state index contributed by atoms with van der Waals surface area (Å²) in [4.78, 5) is 23.7. The lowest BCUT2D eigenvalue weighted by Gasteiger charge is -2.36. The number of rotatable bonds is 7. The predicted molar refractivity (Wildman–Crippen MR) is 97.2 cm³/mol. The maximum atomic E-state index is 12.0. The number of esters is 2. The Morgan fingerprint density at radius 2 is 2.08 bits per heavy atom. The number of carbonyl (C=O) groups excluding carboxylic acids is 2. The van der Waals surface area contributed by atoms with Crippen LogP contribution in [0.5, 0.6) is 0 Å². The summed E-state index contributed by atoms with van der Waals surface area (Å²) in [6, 6.07) is 0. The van der Waals surface area contributed by atoms with E-state index in [0.717, 1.165) is 12.8 Å². The molecule has 0 unspecified atom stereocenters. The van der Waals surface area contributed by atoms with Gasteiger partial charge in [0.05, 0.1) is 5.75 Å². The molecular formula is C16H25N3O4S2. The third kappa shape index (κ3) is 6.47. The largest absolute Gasteiger partial charge is 0.460 e. The van der Waals surface area contributed by atoms with Crippen molar-refractivity contribution in [2.75, 3.05) is 18.1 Å². The second-order valence-corrected chi connectivity index (χ2v) is 8.94. The van der Waals surface area contributed by atoms with Crippen molar-refractivity contribution in [1.82, 2.24) is 10.2 Å². The molecule has 1 fully saturated rings. The Hall–Kier alpha value is -1.35. The van der Waals surface area contributed by atoms with E-state index < -0.39 is 11.9 Å². The summed E-state index contributed by atoms with van der Waals surface area (Å²) in [7, 11) is 0. The van der Waals surface area contributed by atoms with E-state index in [0.29, 0.717) is 27.2 Å². The van der Waals surface area contributed by atoms with Crippen LogP contribution in [0.1, 0.15) is 40.0 Å². The Kier molecular flexibility index (Phi) is 7.49. The fourth-order valence-corrected chi connectivity index (χ4v) is 4.47. The van der Waals surface area contributed by atoms with Gasteiger partial charge >= 0.3 is 11.9 Å². The summed E-state index contributed by atoms with van der Waals surface area (Å²) in [5, 5.41) is 7.81. The molecule has 0 saturated heterocycles. The highest BCUT2D eigenvalue weighted by atomic mass is 32.2. The molecule has 1 aromatic rings. The van der Waals surface area contributed by atoms with Gasteiger partial charge in [0.1, 0.15) is 6.10 Å². The first-order valence-electron chi connectivity index (χ1n) is 8.42. The van der Waals surface area contributed by atoms with Gasteiger partial charge in [-0.25, -0.2) is 4.79 Å². The van der Waals surface area contributed by atoms with Gasteiger partial charge in [-0.3, -0.25) is 4.79 Å². The molecule has 0 aromatic carbocycles. The first kappa shape index (κ1) is 20.0. The number of anilines is 1. The topological polar surface area (TPSA) is 104 Å². The predicted octanol–water partition coefficient (Wildman–Crippen LogP) is 2.76. The molecule has 0 aliphatic heterocycles. The standard InChI is InChI=1S/C16H25N3O4S2/c1-9(2)11-5-4-10(3)6-12(11)23-13(20)7-22-14(21)8-24-16-19-18-15(17)25-16/h9-12H,4-8H2,1-3H3,(H2,17,18)/t10-,11+,12-/m0/s1. The highest BCUT2D eigenvalue weighted by molar-refractivity contribution is 8.01. The molecule has 0 radical (unpaired) electrons. The highest BCUT2D eigenvalue weighted by Gasteiger charge is 2.33. The Labute approximate surface area is 156 Å². The first-order valence-corrected chi connectivity index (χ1v) is 10.2. The van der Waals surface area contributed by atoms with Crippen LogP contribution in [-0.2, 0) is 19.1 Å². The zero-order chi connectivity index (χ0) is 18.4. The van der Waals surface area contributed by atoms with Gasteiger partial charge in [0.2, 0.25) is 5.13 Å². The van der Waals surface area contributed by atoms with Crippen molar-refractivity contribution in [3.8, 4) is 0 Å². The lowest BCUT2D eigenvalue weighted by atomic mass is 9.75. The smallest absolute Gasteiger partial charge is 0.344 e. The molecular weight excluding hydrogens is 362 g/mol. The minimum atomic E-state index is -0.492. The molecule has 2 N–H and O–H groups in total. The quantitative estimate of drug-likeness (QED) is 0.562. The molecule has 0 amide bonds. The number of hydrogen-bond donors (Lipinski definition) is 1. The fraction of sp³-hybridized carbons (Fsp3) is 0.750. The molecule has 9 heteroatoms. The molecule has 140 valence electrons. The maximum Gasteiger partial charge on any atom is 0.344 e. The monoisotopic (exact) mass is 387 g/mol. The summed E-state index contributed by atoms with van der Waals surface area (Å²) in [5.41, 5.74) is 5.47. The summed E-state index contributed by atoms with van der Waals surface area (Å²) >= 11 is 2.38. The van der Waals surface area contributed by atoms with Gasteiger partial charge in [0.15, 0.2) is 10.9 Å². The molecule has 1 heterocycles. The van der Waals surface area contributed by atoms with Crippen LogP contribution < -0.4 is 5.73 Å². The molecule has 25 heavy (non-hydrogen) atoms. The normalized spacial score (nSPS) is 23.4. The minimum Gasteiger partial charge on any atom is -0.460 e. The molecule has 1 aromatic heterocycles. The Balaban J connectivity index is 1.72. The zero-order valence-corrected chi connectivity index (χ0v) is 16.4. The SMILES string of the molecule is CC(C)[C@H]1CC[C@H](C)C[C@@H]1OC(=O)COC(=O)CSc1nnc(N)s1. The maximum absolute atomic E-state index is 12.0. The van der Waals surface area contributed by atoms with Crippen LogP contribution in [-0.4, -0.2) is 40.6 Å². The molecule has 2 rings (SSSR count). The van der Waals surface area contributed by atoms with Gasteiger partial charge in [-0.15, -0.1) is 10.2 Å². The van der Waals surface area contributed by atoms with E-state index in [1.807, 2.05) is 0 Å². The number of thioether (sulfide) groups is 1. The number of nitrogens with two attached hydrogens (primary N) is 1. The van der Waals surface area contributed by atoms with Crippen LogP contribution >= 0.6 is 23.1 Å². The van der Waals surface area contributed by atoms with Crippen molar-refractivity contribution in [2.45, 2.75) is 50.5 Å². The van der Waals surface area contributed by atoms with Crippen LogP contribution in [0, 0.1) is 17.8 Å². The molecule has 0 spiro atoms. The highest BCUT2D eigenvalue weighted by Crippen LogP contribution is 2.35. The van der Waals surface area contributed by atoms with Crippen molar-refractivity contribution in [2.24, 2.45) is 17.8 Å². The van der Waals surface area contributed by atoms with Gasteiger partial charge in [0.25, 0.3) is 0 Å². The molecule has 1 aliphatic carbocycles. The van der Waals surface area contributed by atoms with Gasteiger partial charge in [-0.1, -0.05) is 50.3 Å². The van der Waals surface area contributed by atoms with Gasteiger partial charge in [0, 0.05) is 0 Å². The van der Waals surface area contributed by atoms with E-state index in [1.165, 1.54) is 29.5 Å². The average Bonchev–Trinajstić information content (AvgIpc) is 2.96. The Morgan fingerprint density at radius 1 is 1.32 bits per heavy atom. The number of nitrogens with zero attached hydrogens (tertiary/aromatic N) is 2. The summed E-state index contributed by atoms with van der Waals surface area (Å²) in [6.07, 6.45) is 3.02. The van der Waals surface area contributed by atoms with E-state index in [-0.39, 0.29) is 18.5 Å². The van der Waals surface area contributed by atoms with Gasteiger partial charge in [-0.2, -0.15) is 0 Å². The van der Waals surface area contributed by atoms with Crippen molar-refractivity contribution in [1.29, 1.82) is 0 Å². The van der Waals surface area contributed by atoms with E-state index in [4.69, 9.17) is 15.2 Å². The van der Waals surface area contributed by atoms with Crippen LogP contribution in [0.2, 0.25) is 0 Å². The van der Waals surface area contributed by atoms with E-state index in [1.54, 1.807) is 0 Å². The Bertz CT molecular complexity index is 594. The lowest BCUT2D eigenvalue weighted by molar-refractivity contribution is -0.166. The second-order valence-electron chi connectivity index (χ2n) is 6.71. The van der Waals surface area contributed by atoms with E-state index in [2.05, 4.69) is 31.0 Å². The number of ether oxygens (including phenoxy) is 2. The van der Waals surface area contributed by atoms with Crippen LogP contribution in [0.3, 0.4) is 0 Å². The van der Waals surface area contributed by atoms with Crippen LogP contribution in [0.25, 0.3) is 0 Å². The lowest BCUT2D eigenvalue weighted by Crippen LogP contribution is -2.36. The third-order valence-electron chi connectivity index (χ3n) is 4.33. The first-order chi connectivity index (χ1) is 11.8. The van der Waals surface area contributed by atoms with Crippen molar-refractivity contribution < 1.29 is 19.1 Å². The molecule has 3 atom stereocenters. The zero-order valence-electron chi connectivity index (χ0n) is 14.8. The third-order valence-corrected chi connectivity index (χ3v) is 6.19. The fourth-order valence-electron chi connectivity index (χ4n) is 3.03. The summed E-state index contributed by atoms with van der Waals surface area (Å²) in [5.74, 6) is 0.456.